The van der Waals surface area contributed by atoms with Gasteiger partial charge in [-0.05, 0) is 36.8 Å². The van der Waals surface area contributed by atoms with E-state index in [1.165, 1.54) is 6.20 Å². The molecule has 0 spiro atoms. The van der Waals surface area contributed by atoms with Crippen LogP contribution < -0.4 is 10.7 Å². The Labute approximate surface area is 184 Å². The van der Waals surface area contributed by atoms with Gasteiger partial charge in [0, 0.05) is 42.3 Å². The maximum Gasteiger partial charge on any atom is 0.321 e. The number of aryl methyl sites for hydroxylation is 1. The van der Waals surface area contributed by atoms with Crippen molar-refractivity contribution < 1.29 is 9.59 Å². The van der Waals surface area contributed by atoms with Crippen LogP contribution in [0.5, 0.6) is 0 Å². The van der Waals surface area contributed by atoms with E-state index in [-0.39, 0.29) is 23.9 Å². The number of aromatic nitrogens is 2. The van der Waals surface area contributed by atoms with Crippen molar-refractivity contribution in [1.29, 1.82) is 0 Å². The number of halogens is 1. The highest BCUT2D eigenvalue weighted by atomic mass is 35.5. The molecule has 0 bridgehead atoms. The van der Waals surface area contributed by atoms with Gasteiger partial charge >= 0.3 is 6.03 Å². The molecule has 3 amide bonds. The summed E-state index contributed by atoms with van der Waals surface area (Å²) in [6.07, 6.45) is 1.23. The van der Waals surface area contributed by atoms with Crippen LogP contribution in [-0.4, -0.2) is 57.7 Å². The van der Waals surface area contributed by atoms with Gasteiger partial charge in [-0.1, -0.05) is 29.8 Å². The predicted octanol–water partition coefficient (Wildman–Crippen LogP) is 2.73. The van der Waals surface area contributed by atoms with E-state index in [1.807, 2.05) is 19.1 Å². The molecule has 3 aromatic rings. The van der Waals surface area contributed by atoms with Crippen molar-refractivity contribution in [3.8, 4) is 0 Å². The number of hydrogen-bond donors (Lipinski definition) is 1. The third-order valence-corrected chi connectivity index (χ3v) is 5.80. The largest absolute Gasteiger partial charge is 0.338 e. The van der Waals surface area contributed by atoms with E-state index >= 15 is 0 Å². The van der Waals surface area contributed by atoms with Crippen molar-refractivity contribution in [1.82, 2.24) is 19.6 Å². The lowest BCUT2D eigenvalue weighted by Crippen LogP contribution is -2.52. The molecule has 1 saturated heterocycles. The van der Waals surface area contributed by atoms with Crippen LogP contribution in [0.3, 0.4) is 0 Å². The SMILES string of the molecule is Cc1ccc(NC(=O)N2CCN(C(=O)Cn3ncc(=O)c4ccccc43)CC2)cc1Cl. The van der Waals surface area contributed by atoms with E-state index in [1.54, 1.807) is 44.8 Å². The van der Waals surface area contributed by atoms with Crippen LogP contribution in [-0.2, 0) is 11.3 Å². The highest BCUT2D eigenvalue weighted by Crippen LogP contribution is 2.20. The average molecular weight is 440 g/mol. The Bertz CT molecular complexity index is 1200. The van der Waals surface area contributed by atoms with Crippen molar-refractivity contribution in [3.05, 3.63) is 69.5 Å². The molecule has 1 N–H and O–H groups in total. The number of urea groups is 1. The van der Waals surface area contributed by atoms with Crippen LogP contribution in [0, 0.1) is 6.92 Å². The zero-order valence-corrected chi connectivity index (χ0v) is 17.8. The first kappa shape index (κ1) is 20.9. The van der Waals surface area contributed by atoms with Gasteiger partial charge in [0.05, 0.1) is 11.7 Å². The second kappa shape index (κ2) is 8.77. The Balaban J connectivity index is 1.36. The third kappa shape index (κ3) is 4.54. The second-order valence-electron chi connectivity index (χ2n) is 7.45. The number of fused-ring (bicyclic) bond motifs is 1. The van der Waals surface area contributed by atoms with Gasteiger partial charge in [0.1, 0.15) is 6.54 Å². The van der Waals surface area contributed by atoms with Crippen LogP contribution >= 0.6 is 11.6 Å². The van der Waals surface area contributed by atoms with E-state index in [9.17, 15) is 14.4 Å². The minimum atomic E-state index is -0.222. The fourth-order valence-corrected chi connectivity index (χ4v) is 3.73. The summed E-state index contributed by atoms with van der Waals surface area (Å²) in [6.45, 7) is 3.65. The summed E-state index contributed by atoms with van der Waals surface area (Å²) in [6, 6.07) is 12.2. The van der Waals surface area contributed by atoms with Gasteiger partial charge in [0.2, 0.25) is 11.3 Å². The number of carbonyl (C=O) groups excluding carboxylic acids is 2. The molecule has 8 nitrogen and oxygen atoms in total. The average Bonchev–Trinajstić information content (AvgIpc) is 2.78. The number of amides is 3. The molecule has 31 heavy (non-hydrogen) atoms. The van der Waals surface area contributed by atoms with Crippen LogP contribution in [0.4, 0.5) is 10.5 Å². The lowest BCUT2D eigenvalue weighted by Gasteiger charge is -2.34. The first-order chi connectivity index (χ1) is 14.9. The standard InChI is InChI=1S/C22H22ClN5O3/c1-15-6-7-16(12-18(15)23)25-22(31)27-10-8-26(9-11-27)21(30)14-28-19-5-3-2-4-17(19)20(29)13-24-28/h2-7,12-13H,8-11,14H2,1H3,(H,25,31). The molecule has 1 aliphatic rings. The van der Waals surface area contributed by atoms with E-state index in [0.29, 0.717) is 47.8 Å². The first-order valence-corrected chi connectivity index (χ1v) is 10.3. The molecule has 0 aliphatic carbocycles. The summed E-state index contributed by atoms with van der Waals surface area (Å²) in [5.74, 6) is -0.105. The summed E-state index contributed by atoms with van der Waals surface area (Å²) in [7, 11) is 0. The topological polar surface area (TPSA) is 87.5 Å². The lowest BCUT2D eigenvalue weighted by atomic mass is 10.2. The molecule has 2 aromatic carbocycles. The van der Waals surface area contributed by atoms with Crippen LogP contribution in [0.15, 0.2) is 53.5 Å². The fourth-order valence-electron chi connectivity index (χ4n) is 3.55. The quantitative estimate of drug-likeness (QED) is 0.679. The summed E-state index contributed by atoms with van der Waals surface area (Å²) >= 11 is 6.12. The number of hydrogen-bond acceptors (Lipinski definition) is 4. The number of benzene rings is 2. The molecule has 0 saturated carbocycles. The van der Waals surface area contributed by atoms with Crippen LogP contribution in [0.1, 0.15) is 5.56 Å². The molecule has 4 rings (SSSR count). The molecule has 0 radical (unpaired) electrons. The van der Waals surface area contributed by atoms with Gasteiger partial charge in [-0.3, -0.25) is 14.3 Å². The Hall–Kier alpha value is -3.39. The maximum absolute atomic E-state index is 12.8. The molecular formula is C22H22ClN5O3. The van der Waals surface area contributed by atoms with Gasteiger partial charge < -0.3 is 15.1 Å². The minimum absolute atomic E-state index is 0.0366. The van der Waals surface area contributed by atoms with Crippen LogP contribution in [0.2, 0.25) is 5.02 Å². The van der Waals surface area contributed by atoms with Gasteiger partial charge in [0.25, 0.3) is 0 Å². The molecule has 1 fully saturated rings. The summed E-state index contributed by atoms with van der Waals surface area (Å²) in [5.41, 5.74) is 2.03. The van der Waals surface area contributed by atoms with Crippen molar-refractivity contribution in [2.75, 3.05) is 31.5 Å². The lowest BCUT2D eigenvalue weighted by molar-refractivity contribution is -0.133. The zero-order valence-electron chi connectivity index (χ0n) is 17.0. The molecule has 9 heteroatoms. The fraction of sp³-hybridized carbons (Fsp3) is 0.273. The molecule has 160 valence electrons. The van der Waals surface area contributed by atoms with Gasteiger partial charge in [-0.15, -0.1) is 0 Å². The normalized spacial score (nSPS) is 14.0. The first-order valence-electron chi connectivity index (χ1n) is 9.97. The van der Waals surface area contributed by atoms with E-state index in [4.69, 9.17) is 11.6 Å². The Morgan fingerprint density at radius 2 is 1.77 bits per heavy atom. The van der Waals surface area contributed by atoms with Gasteiger partial charge in [-0.25, -0.2) is 4.79 Å². The molecule has 0 unspecified atom stereocenters. The summed E-state index contributed by atoms with van der Waals surface area (Å²) in [4.78, 5) is 40.7. The van der Waals surface area contributed by atoms with Gasteiger partial charge in [0.15, 0.2) is 0 Å². The molecular weight excluding hydrogens is 418 g/mol. The smallest absolute Gasteiger partial charge is 0.321 e. The van der Waals surface area contributed by atoms with Crippen molar-refractivity contribution >= 4 is 40.1 Å². The van der Waals surface area contributed by atoms with E-state index < -0.39 is 0 Å². The highest BCUT2D eigenvalue weighted by molar-refractivity contribution is 6.31. The minimum Gasteiger partial charge on any atom is -0.338 e. The Kier molecular flexibility index (Phi) is 5.90. The predicted molar refractivity (Wildman–Crippen MR) is 119 cm³/mol. The number of piperazine rings is 1. The molecule has 2 heterocycles. The van der Waals surface area contributed by atoms with Crippen molar-refractivity contribution in [2.45, 2.75) is 13.5 Å². The van der Waals surface area contributed by atoms with Gasteiger partial charge in [-0.2, -0.15) is 5.10 Å². The second-order valence-corrected chi connectivity index (χ2v) is 7.85. The number of nitrogens with zero attached hydrogens (tertiary/aromatic N) is 4. The number of carbonyl (C=O) groups is 2. The maximum atomic E-state index is 12.8. The van der Waals surface area contributed by atoms with Crippen molar-refractivity contribution in [3.63, 3.8) is 0 Å². The Morgan fingerprint density at radius 1 is 1.06 bits per heavy atom. The van der Waals surface area contributed by atoms with E-state index in [0.717, 1.165) is 5.56 Å². The summed E-state index contributed by atoms with van der Waals surface area (Å²) < 4.78 is 1.54. The number of rotatable bonds is 3. The molecule has 1 aliphatic heterocycles. The Morgan fingerprint density at radius 3 is 2.52 bits per heavy atom. The van der Waals surface area contributed by atoms with Crippen molar-refractivity contribution in [2.24, 2.45) is 0 Å². The zero-order chi connectivity index (χ0) is 22.0. The van der Waals surface area contributed by atoms with Crippen LogP contribution in [0.25, 0.3) is 10.9 Å². The summed E-state index contributed by atoms with van der Waals surface area (Å²) in [5, 5.41) is 8.09. The number of anilines is 1. The monoisotopic (exact) mass is 439 g/mol. The highest BCUT2D eigenvalue weighted by Gasteiger charge is 2.24. The van der Waals surface area contributed by atoms with E-state index in [2.05, 4.69) is 10.4 Å². The number of nitrogens with one attached hydrogen (secondary N) is 1. The number of para-hydroxylation sites is 1. The molecule has 0 atom stereocenters. The molecule has 1 aromatic heterocycles. The third-order valence-electron chi connectivity index (χ3n) is 5.39.